The molecule has 2 aromatic heterocycles. The van der Waals surface area contributed by atoms with Crippen molar-refractivity contribution in [3.05, 3.63) is 59.0 Å². The Morgan fingerprint density at radius 3 is 2.55 bits per heavy atom. The van der Waals surface area contributed by atoms with Gasteiger partial charge in [-0.1, -0.05) is 18.2 Å². The normalized spacial score (nSPS) is 10.9. The number of benzene rings is 1. The summed E-state index contributed by atoms with van der Waals surface area (Å²) in [6, 6.07) is 12.1. The van der Waals surface area contributed by atoms with E-state index in [2.05, 4.69) is 21.7 Å². The number of carbonyl (C=O) groups is 1. The quantitative estimate of drug-likeness (QED) is 0.660. The first-order valence-electron chi connectivity index (χ1n) is 6.62. The zero-order valence-electron chi connectivity index (χ0n) is 11.8. The van der Waals surface area contributed by atoms with Crippen molar-refractivity contribution >= 4 is 17.2 Å². The maximum Gasteiger partial charge on any atom is 0.151 e. The van der Waals surface area contributed by atoms with Crippen molar-refractivity contribution in [2.75, 3.05) is 0 Å². The summed E-state index contributed by atoms with van der Waals surface area (Å²) in [4.78, 5) is 15.7. The minimum atomic E-state index is 0.737. The van der Waals surface area contributed by atoms with Crippen molar-refractivity contribution in [1.29, 1.82) is 0 Å². The van der Waals surface area contributed by atoms with E-state index in [1.54, 1.807) is 0 Å². The third kappa shape index (κ3) is 1.83. The number of carbonyl (C=O) groups excluding carboxylic acids is 1. The number of fused-ring (bicyclic) bond motifs is 1. The number of aldehydes is 1. The molecule has 0 bridgehead atoms. The van der Waals surface area contributed by atoms with E-state index in [4.69, 9.17) is 0 Å². The van der Waals surface area contributed by atoms with Crippen molar-refractivity contribution in [2.45, 2.75) is 20.8 Å². The molecule has 0 aliphatic rings. The lowest BCUT2D eigenvalue weighted by atomic mass is 10.1. The molecule has 0 saturated heterocycles. The molecule has 3 rings (SSSR count). The summed E-state index contributed by atoms with van der Waals surface area (Å²) in [5, 5.41) is 1.09. The Bertz CT molecular complexity index is 815. The number of aromatic nitrogens is 2. The van der Waals surface area contributed by atoms with Crippen LogP contribution >= 0.6 is 0 Å². The van der Waals surface area contributed by atoms with Crippen molar-refractivity contribution < 1.29 is 4.79 Å². The minimum Gasteiger partial charge on any atom is -0.317 e. The van der Waals surface area contributed by atoms with Gasteiger partial charge >= 0.3 is 0 Å². The Morgan fingerprint density at radius 1 is 1.10 bits per heavy atom. The monoisotopic (exact) mass is 264 g/mol. The van der Waals surface area contributed by atoms with Crippen LogP contribution in [0, 0.1) is 20.8 Å². The van der Waals surface area contributed by atoms with Gasteiger partial charge in [-0.25, -0.2) is 0 Å². The Morgan fingerprint density at radius 2 is 1.85 bits per heavy atom. The highest BCUT2D eigenvalue weighted by atomic mass is 16.1. The molecule has 0 atom stereocenters. The standard InChI is InChI=1S/C17H16N2O/c1-11-8-17(15-6-4-5-7-16(15)18-11)19-12(2)9-14(10-20)13(19)3/h4-10H,1-3H3. The molecule has 2 heterocycles. The number of rotatable bonds is 2. The van der Waals surface area contributed by atoms with Gasteiger partial charge in [0.25, 0.3) is 0 Å². The van der Waals surface area contributed by atoms with Gasteiger partial charge in [-0.3, -0.25) is 9.78 Å². The highest BCUT2D eigenvalue weighted by molar-refractivity contribution is 5.88. The predicted octanol–water partition coefficient (Wildman–Crippen LogP) is 3.76. The van der Waals surface area contributed by atoms with Crippen LogP contribution in [0.5, 0.6) is 0 Å². The number of hydrogen-bond donors (Lipinski definition) is 0. The summed E-state index contributed by atoms with van der Waals surface area (Å²) in [5.74, 6) is 0. The highest BCUT2D eigenvalue weighted by Crippen LogP contribution is 2.26. The molecular formula is C17H16N2O. The molecule has 20 heavy (non-hydrogen) atoms. The van der Waals surface area contributed by atoms with Gasteiger partial charge in [-0.2, -0.15) is 0 Å². The fraction of sp³-hybridized carbons (Fsp3) is 0.176. The molecule has 3 aromatic rings. The van der Waals surface area contributed by atoms with Crippen LogP contribution in [-0.4, -0.2) is 15.8 Å². The zero-order valence-corrected chi connectivity index (χ0v) is 11.8. The first-order chi connectivity index (χ1) is 9.61. The second kappa shape index (κ2) is 4.60. The maximum absolute atomic E-state index is 11.1. The fourth-order valence-electron chi connectivity index (χ4n) is 2.75. The van der Waals surface area contributed by atoms with Crippen molar-refractivity contribution in [3.8, 4) is 5.69 Å². The van der Waals surface area contributed by atoms with Crippen molar-refractivity contribution in [1.82, 2.24) is 9.55 Å². The van der Waals surface area contributed by atoms with E-state index in [0.29, 0.717) is 0 Å². The molecule has 0 amide bonds. The van der Waals surface area contributed by atoms with E-state index in [1.807, 2.05) is 45.0 Å². The molecule has 0 radical (unpaired) electrons. The van der Waals surface area contributed by atoms with Gasteiger partial charge in [0, 0.05) is 28.0 Å². The highest BCUT2D eigenvalue weighted by Gasteiger charge is 2.13. The Balaban J connectivity index is 2.40. The predicted molar refractivity (Wildman–Crippen MR) is 80.7 cm³/mol. The summed E-state index contributed by atoms with van der Waals surface area (Å²) in [5.41, 5.74) is 5.78. The minimum absolute atomic E-state index is 0.737. The lowest BCUT2D eigenvalue weighted by Gasteiger charge is -2.13. The van der Waals surface area contributed by atoms with Crippen LogP contribution in [0.15, 0.2) is 36.4 Å². The first-order valence-corrected chi connectivity index (χ1v) is 6.62. The molecule has 0 saturated carbocycles. The molecule has 0 spiro atoms. The van der Waals surface area contributed by atoms with Crippen molar-refractivity contribution in [2.24, 2.45) is 0 Å². The van der Waals surface area contributed by atoms with Crippen LogP contribution in [0.4, 0.5) is 0 Å². The van der Waals surface area contributed by atoms with E-state index >= 15 is 0 Å². The lowest BCUT2D eigenvalue weighted by molar-refractivity contribution is 0.112. The zero-order chi connectivity index (χ0) is 14.3. The van der Waals surface area contributed by atoms with Crippen LogP contribution in [0.2, 0.25) is 0 Å². The Labute approximate surface area is 117 Å². The van der Waals surface area contributed by atoms with Crippen LogP contribution in [0.25, 0.3) is 16.6 Å². The van der Waals surface area contributed by atoms with Gasteiger partial charge in [0.2, 0.25) is 0 Å². The van der Waals surface area contributed by atoms with E-state index < -0.39 is 0 Å². The molecular weight excluding hydrogens is 248 g/mol. The second-order valence-electron chi connectivity index (χ2n) is 5.08. The largest absolute Gasteiger partial charge is 0.317 e. The van der Waals surface area contributed by atoms with Crippen LogP contribution < -0.4 is 0 Å². The second-order valence-corrected chi connectivity index (χ2v) is 5.08. The third-order valence-electron chi connectivity index (χ3n) is 3.66. The van der Waals surface area contributed by atoms with Gasteiger partial charge in [-0.05, 0) is 39.0 Å². The number of para-hydroxylation sites is 1. The molecule has 0 fully saturated rings. The summed E-state index contributed by atoms with van der Waals surface area (Å²) in [6.45, 7) is 5.98. The summed E-state index contributed by atoms with van der Waals surface area (Å²) < 4.78 is 2.13. The Kier molecular flexibility index (Phi) is 2.90. The Hall–Kier alpha value is -2.42. The fourth-order valence-corrected chi connectivity index (χ4v) is 2.75. The first kappa shape index (κ1) is 12.6. The van der Waals surface area contributed by atoms with Gasteiger partial charge in [0.05, 0.1) is 11.2 Å². The number of pyridine rings is 1. The summed E-state index contributed by atoms with van der Waals surface area (Å²) >= 11 is 0. The van der Waals surface area contributed by atoms with E-state index in [9.17, 15) is 4.79 Å². The average molecular weight is 264 g/mol. The van der Waals surface area contributed by atoms with E-state index in [0.717, 1.165) is 45.5 Å². The van der Waals surface area contributed by atoms with Crippen LogP contribution in [0.1, 0.15) is 27.4 Å². The topological polar surface area (TPSA) is 34.9 Å². The van der Waals surface area contributed by atoms with Crippen molar-refractivity contribution in [3.63, 3.8) is 0 Å². The summed E-state index contributed by atoms with van der Waals surface area (Å²) in [7, 11) is 0. The molecule has 0 aliphatic carbocycles. The lowest BCUT2D eigenvalue weighted by Crippen LogP contribution is -2.02. The third-order valence-corrected chi connectivity index (χ3v) is 3.66. The molecule has 0 unspecified atom stereocenters. The average Bonchev–Trinajstić information content (AvgIpc) is 2.72. The van der Waals surface area contributed by atoms with E-state index in [-0.39, 0.29) is 0 Å². The molecule has 0 aliphatic heterocycles. The SMILES string of the molecule is Cc1cc(-n2c(C)cc(C=O)c2C)c2ccccc2n1. The van der Waals surface area contributed by atoms with Gasteiger partial charge < -0.3 is 4.57 Å². The molecule has 100 valence electrons. The van der Waals surface area contributed by atoms with Crippen LogP contribution in [-0.2, 0) is 0 Å². The maximum atomic E-state index is 11.1. The molecule has 1 aromatic carbocycles. The van der Waals surface area contributed by atoms with Gasteiger partial charge in [-0.15, -0.1) is 0 Å². The number of aryl methyl sites for hydroxylation is 2. The van der Waals surface area contributed by atoms with E-state index in [1.165, 1.54) is 0 Å². The summed E-state index contributed by atoms with van der Waals surface area (Å²) in [6.07, 6.45) is 0.912. The molecule has 0 N–H and O–H groups in total. The van der Waals surface area contributed by atoms with Gasteiger partial charge in [0.15, 0.2) is 6.29 Å². The number of hydrogen-bond acceptors (Lipinski definition) is 2. The van der Waals surface area contributed by atoms with Gasteiger partial charge in [0.1, 0.15) is 0 Å². The molecule has 3 nitrogen and oxygen atoms in total. The molecule has 3 heteroatoms. The smallest absolute Gasteiger partial charge is 0.151 e. The van der Waals surface area contributed by atoms with Crippen LogP contribution in [0.3, 0.4) is 0 Å². The number of nitrogens with zero attached hydrogens (tertiary/aromatic N) is 2.